The van der Waals surface area contributed by atoms with Crippen LogP contribution in [0.25, 0.3) is 22.2 Å². The van der Waals surface area contributed by atoms with Crippen LogP contribution in [0.5, 0.6) is 0 Å². The lowest BCUT2D eigenvalue weighted by atomic mass is 9.95. The Bertz CT molecular complexity index is 1290. The number of amides is 1. The highest BCUT2D eigenvalue weighted by Crippen LogP contribution is 2.29. The molecule has 1 N–H and O–H groups in total. The van der Waals surface area contributed by atoms with Gasteiger partial charge in [-0.15, -0.1) is 0 Å². The minimum atomic E-state index is -3.70. The van der Waals surface area contributed by atoms with Crippen LogP contribution in [0.2, 0.25) is 0 Å². The Labute approximate surface area is 199 Å². The van der Waals surface area contributed by atoms with Crippen molar-refractivity contribution in [3.05, 3.63) is 54.4 Å². The molecule has 0 bridgehead atoms. The highest BCUT2D eigenvalue weighted by atomic mass is 32.2. The minimum Gasteiger partial charge on any atom is -0.379 e. The molecule has 0 unspecified atom stereocenters. The van der Waals surface area contributed by atoms with E-state index >= 15 is 0 Å². The topological polar surface area (TPSA) is 101 Å². The Morgan fingerprint density at radius 1 is 1.00 bits per heavy atom. The molecule has 3 heterocycles. The van der Waals surface area contributed by atoms with Gasteiger partial charge in [0.05, 0.1) is 34.9 Å². The molecule has 178 valence electrons. The fourth-order valence-electron chi connectivity index (χ4n) is 4.67. The maximum atomic E-state index is 13.4. The van der Waals surface area contributed by atoms with E-state index in [-0.39, 0.29) is 16.8 Å². The Morgan fingerprint density at radius 2 is 1.74 bits per heavy atom. The van der Waals surface area contributed by atoms with Crippen molar-refractivity contribution >= 4 is 26.8 Å². The zero-order valence-electron chi connectivity index (χ0n) is 18.9. The molecule has 1 aliphatic heterocycles. The van der Waals surface area contributed by atoms with Crippen molar-refractivity contribution in [2.45, 2.75) is 43.0 Å². The van der Waals surface area contributed by atoms with Crippen molar-refractivity contribution in [1.82, 2.24) is 19.6 Å². The maximum Gasteiger partial charge on any atom is 0.252 e. The molecule has 1 amide bonds. The third-order valence-corrected chi connectivity index (χ3v) is 8.44. The number of aromatic nitrogens is 2. The van der Waals surface area contributed by atoms with Gasteiger partial charge in [0.25, 0.3) is 5.91 Å². The molecule has 2 aliphatic rings. The summed E-state index contributed by atoms with van der Waals surface area (Å²) in [4.78, 5) is 22.4. The fourth-order valence-corrected chi connectivity index (χ4v) is 6.10. The molecule has 1 aliphatic carbocycles. The number of ether oxygens (including phenoxy) is 1. The number of sulfonamides is 1. The van der Waals surface area contributed by atoms with Gasteiger partial charge in [-0.25, -0.2) is 13.4 Å². The average molecular weight is 481 g/mol. The summed E-state index contributed by atoms with van der Waals surface area (Å²) >= 11 is 0. The number of nitrogens with one attached hydrogen (secondary N) is 1. The normalized spacial score (nSPS) is 18.1. The van der Waals surface area contributed by atoms with Gasteiger partial charge in [-0.05, 0) is 49.2 Å². The van der Waals surface area contributed by atoms with Crippen LogP contribution in [0.3, 0.4) is 0 Å². The molecule has 1 aromatic carbocycles. The monoisotopic (exact) mass is 480 g/mol. The van der Waals surface area contributed by atoms with Crippen molar-refractivity contribution in [1.29, 1.82) is 0 Å². The first-order valence-electron chi connectivity index (χ1n) is 11.8. The third-order valence-electron chi connectivity index (χ3n) is 6.55. The number of carbonyl (C=O) groups is 1. The second-order valence-electron chi connectivity index (χ2n) is 8.79. The number of hydrogen-bond donors (Lipinski definition) is 1. The first-order chi connectivity index (χ1) is 16.5. The van der Waals surface area contributed by atoms with E-state index in [1.54, 1.807) is 36.7 Å². The molecule has 3 aromatic rings. The molecular formula is C25H28N4O4S. The molecule has 2 aromatic heterocycles. The number of hydrogen-bond acceptors (Lipinski definition) is 6. The predicted molar refractivity (Wildman–Crippen MR) is 129 cm³/mol. The molecule has 0 atom stereocenters. The van der Waals surface area contributed by atoms with Gasteiger partial charge in [0, 0.05) is 42.5 Å². The van der Waals surface area contributed by atoms with E-state index in [9.17, 15) is 13.2 Å². The quantitative estimate of drug-likeness (QED) is 0.601. The highest BCUT2D eigenvalue weighted by molar-refractivity contribution is 7.89. The van der Waals surface area contributed by atoms with Crippen LogP contribution in [0.1, 0.15) is 42.5 Å². The van der Waals surface area contributed by atoms with E-state index in [0.717, 1.165) is 31.2 Å². The number of pyridine rings is 2. The molecule has 5 rings (SSSR count). The van der Waals surface area contributed by atoms with Gasteiger partial charge in [0.1, 0.15) is 0 Å². The van der Waals surface area contributed by atoms with Crippen molar-refractivity contribution in [2.75, 3.05) is 26.3 Å². The van der Waals surface area contributed by atoms with E-state index in [0.29, 0.717) is 48.5 Å². The number of nitrogens with zero attached hydrogens (tertiary/aromatic N) is 3. The smallest absolute Gasteiger partial charge is 0.252 e. The third kappa shape index (κ3) is 4.68. The predicted octanol–water partition coefficient (Wildman–Crippen LogP) is 3.38. The molecule has 0 spiro atoms. The van der Waals surface area contributed by atoms with Gasteiger partial charge < -0.3 is 10.1 Å². The van der Waals surface area contributed by atoms with E-state index in [2.05, 4.69) is 10.3 Å². The number of rotatable bonds is 5. The summed E-state index contributed by atoms with van der Waals surface area (Å²) < 4.78 is 33.3. The molecule has 0 radical (unpaired) electrons. The summed E-state index contributed by atoms with van der Waals surface area (Å²) in [6.45, 7) is 1.38. The lowest BCUT2D eigenvalue weighted by Gasteiger charge is -2.26. The van der Waals surface area contributed by atoms with Gasteiger partial charge >= 0.3 is 0 Å². The average Bonchev–Trinajstić information content (AvgIpc) is 2.89. The minimum absolute atomic E-state index is 0.133. The summed E-state index contributed by atoms with van der Waals surface area (Å²) in [7, 11) is -3.70. The van der Waals surface area contributed by atoms with Crippen molar-refractivity contribution < 1.29 is 17.9 Å². The molecule has 1 saturated carbocycles. The summed E-state index contributed by atoms with van der Waals surface area (Å²) in [6, 6.07) is 10.4. The van der Waals surface area contributed by atoms with Gasteiger partial charge in [-0.1, -0.05) is 19.3 Å². The maximum absolute atomic E-state index is 13.4. The summed E-state index contributed by atoms with van der Waals surface area (Å²) in [6.07, 6.45) is 8.69. The second-order valence-corrected chi connectivity index (χ2v) is 10.7. The Hall–Kier alpha value is -2.88. The Morgan fingerprint density at radius 3 is 2.47 bits per heavy atom. The lowest BCUT2D eigenvalue weighted by Crippen LogP contribution is -2.40. The molecule has 34 heavy (non-hydrogen) atoms. The number of fused-ring (bicyclic) bond motifs is 1. The van der Waals surface area contributed by atoms with E-state index in [4.69, 9.17) is 9.72 Å². The second kappa shape index (κ2) is 9.77. The fraction of sp³-hybridized carbons (Fsp3) is 0.400. The standard InChI is InChI=1S/C25H28N4O4S/c30-25(27-19-4-2-1-3-5-19)22-17-24(18-8-10-26-11-9-18)28-23-7-6-20(16-21(22)23)34(31,32)29-12-14-33-15-13-29/h6-11,16-17,19H,1-5,12-15H2,(H,27,30). The summed E-state index contributed by atoms with van der Waals surface area (Å²) in [5.41, 5.74) is 2.49. The number of carbonyl (C=O) groups excluding carboxylic acids is 1. The molecule has 1 saturated heterocycles. The SMILES string of the molecule is O=C(NC1CCCCC1)c1cc(-c2ccncc2)nc2ccc(S(=O)(=O)N3CCOCC3)cc12. The van der Waals surface area contributed by atoms with Crippen LogP contribution in [-0.4, -0.2) is 60.9 Å². The zero-order chi connectivity index (χ0) is 23.5. The van der Waals surface area contributed by atoms with Gasteiger partial charge in [0.15, 0.2) is 0 Å². The van der Waals surface area contributed by atoms with Crippen LogP contribution in [0.4, 0.5) is 0 Å². The van der Waals surface area contributed by atoms with E-state index in [1.807, 2.05) is 12.1 Å². The van der Waals surface area contributed by atoms with Crippen LogP contribution in [0.15, 0.2) is 53.7 Å². The zero-order valence-corrected chi connectivity index (χ0v) is 19.8. The molecule has 2 fully saturated rings. The molecular weight excluding hydrogens is 452 g/mol. The lowest BCUT2D eigenvalue weighted by molar-refractivity contribution is 0.0730. The summed E-state index contributed by atoms with van der Waals surface area (Å²) in [5, 5.41) is 3.70. The largest absolute Gasteiger partial charge is 0.379 e. The van der Waals surface area contributed by atoms with Gasteiger partial charge in [-0.2, -0.15) is 4.31 Å². The molecule has 8 nitrogen and oxygen atoms in total. The van der Waals surface area contributed by atoms with Gasteiger partial charge in [0.2, 0.25) is 10.0 Å². The van der Waals surface area contributed by atoms with Crippen molar-refractivity contribution in [2.24, 2.45) is 0 Å². The van der Waals surface area contributed by atoms with Crippen LogP contribution >= 0.6 is 0 Å². The van der Waals surface area contributed by atoms with Crippen LogP contribution < -0.4 is 5.32 Å². The van der Waals surface area contributed by atoms with Crippen molar-refractivity contribution in [3.63, 3.8) is 0 Å². The summed E-state index contributed by atoms with van der Waals surface area (Å²) in [5.74, 6) is -0.199. The Kier molecular flexibility index (Phi) is 6.58. The number of benzene rings is 1. The first kappa shape index (κ1) is 22.9. The van der Waals surface area contributed by atoms with Crippen LogP contribution in [-0.2, 0) is 14.8 Å². The van der Waals surface area contributed by atoms with E-state index in [1.165, 1.54) is 10.7 Å². The highest BCUT2D eigenvalue weighted by Gasteiger charge is 2.27. The van der Waals surface area contributed by atoms with Gasteiger partial charge in [-0.3, -0.25) is 9.78 Å². The van der Waals surface area contributed by atoms with Crippen molar-refractivity contribution in [3.8, 4) is 11.3 Å². The first-order valence-corrected chi connectivity index (χ1v) is 13.2. The van der Waals surface area contributed by atoms with E-state index < -0.39 is 10.0 Å². The Balaban J connectivity index is 1.59. The molecule has 9 heteroatoms. The number of morpholine rings is 1. The van der Waals surface area contributed by atoms with Crippen LogP contribution in [0, 0.1) is 0 Å².